The van der Waals surface area contributed by atoms with Crippen molar-refractivity contribution >= 4 is 40.7 Å². The third-order valence-electron chi connectivity index (χ3n) is 5.40. The van der Waals surface area contributed by atoms with Crippen molar-refractivity contribution in [3.05, 3.63) is 99.5 Å². The SMILES string of the molecule is CC(c1ccc(-c2ccccc2)c(F)c1)c1nnc2n1N=C(c1ccc(Cl)cc1Cl)CS2. The van der Waals surface area contributed by atoms with Crippen LogP contribution in [-0.4, -0.2) is 26.3 Å². The van der Waals surface area contributed by atoms with E-state index in [1.807, 2.05) is 49.4 Å². The number of aromatic nitrogens is 3. The van der Waals surface area contributed by atoms with Crippen LogP contribution in [0.4, 0.5) is 4.39 Å². The lowest BCUT2D eigenvalue weighted by Crippen LogP contribution is -2.16. The number of fused-ring (bicyclic) bond motifs is 1. The number of halogens is 3. The van der Waals surface area contributed by atoms with Crippen molar-refractivity contribution in [3.8, 4) is 11.1 Å². The third kappa shape index (κ3) is 3.94. The molecule has 2 heterocycles. The first-order valence-electron chi connectivity index (χ1n) is 9.97. The van der Waals surface area contributed by atoms with Crippen molar-refractivity contribution in [1.29, 1.82) is 0 Å². The standard InChI is InChI=1S/C24H17Cl2FN4S/c1-14(16-7-9-18(21(27)11-16)15-5-3-2-4-6-15)23-28-29-24-31(23)30-22(13-32-24)19-10-8-17(25)12-20(19)26/h2-12,14H,13H2,1H3. The van der Waals surface area contributed by atoms with Crippen molar-refractivity contribution < 1.29 is 4.39 Å². The maximum absolute atomic E-state index is 14.9. The Bertz CT molecular complexity index is 1340. The number of hydrogen-bond acceptors (Lipinski definition) is 4. The lowest BCUT2D eigenvalue weighted by molar-refractivity contribution is 0.623. The molecule has 4 nitrogen and oxygen atoms in total. The summed E-state index contributed by atoms with van der Waals surface area (Å²) in [5.74, 6) is 0.779. The van der Waals surface area contributed by atoms with Gasteiger partial charge >= 0.3 is 0 Å². The van der Waals surface area contributed by atoms with Crippen molar-refractivity contribution in [2.45, 2.75) is 18.0 Å². The summed E-state index contributed by atoms with van der Waals surface area (Å²) in [5.41, 5.74) is 3.84. The lowest BCUT2D eigenvalue weighted by atomic mass is 9.96. The van der Waals surface area contributed by atoms with Gasteiger partial charge in [-0.05, 0) is 29.3 Å². The van der Waals surface area contributed by atoms with Crippen LogP contribution in [0.15, 0.2) is 77.0 Å². The summed E-state index contributed by atoms with van der Waals surface area (Å²) in [6.07, 6.45) is 0. The highest BCUT2D eigenvalue weighted by Crippen LogP contribution is 2.33. The molecule has 0 radical (unpaired) electrons. The van der Waals surface area contributed by atoms with E-state index in [1.165, 1.54) is 11.8 Å². The Morgan fingerprint density at radius 2 is 1.75 bits per heavy atom. The van der Waals surface area contributed by atoms with Gasteiger partial charge in [0.05, 0.1) is 10.7 Å². The van der Waals surface area contributed by atoms with Gasteiger partial charge in [-0.1, -0.05) is 90.4 Å². The van der Waals surface area contributed by atoms with Gasteiger partial charge in [0.2, 0.25) is 5.16 Å². The van der Waals surface area contributed by atoms with Crippen LogP contribution >= 0.6 is 35.0 Å². The molecular weight excluding hydrogens is 466 g/mol. The van der Waals surface area contributed by atoms with E-state index in [4.69, 9.17) is 28.3 Å². The van der Waals surface area contributed by atoms with Crippen LogP contribution in [0.25, 0.3) is 11.1 Å². The fourth-order valence-corrected chi connectivity index (χ4v) is 5.02. The predicted molar refractivity (Wildman–Crippen MR) is 128 cm³/mol. The second-order valence-corrected chi connectivity index (χ2v) is 9.23. The number of thioether (sulfide) groups is 1. The zero-order valence-corrected chi connectivity index (χ0v) is 19.3. The fourth-order valence-electron chi connectivity index (χ4n) is 3.67. The molecule has 8 heteroatoms. The monoisotopic (exact) mass is 482 g/mol. The van der Waals surface area contributed by atoms with Gasteiger partial charge in [-0.25, -0.2) is 4.39 Å². The first kappa shape index (κ1) is 21.2. The molecule has 1 aliphatic rings. The molecule has 0 saturated carbocycles. The molecule has 0 fully saturated rings. The maximum atomic E-state index is 14.9. The van der Waals surface area contributed by atoms with E-state index >= 15 is 0 Å². The molecule has 0 bridgehead atoms. The summed E-state index contributed by atoms with van der Waals surface area (Å²) in [7, 11) is 0. The first-order chi connectivity index (χ1) is 15.5. The van der Waals surface area contributed by atoms with Crippen LogP contribution in [-0.2, 0) is 0 Å². The highest BCUT2D eigenvalue weighted by atomic mass is 35.5. The highest BCUT2D eigenvalue weighted by Gasteiger charge is 2.25. The van der Waals surface area contributed by atoms with Crippen LogP contribution in [0.5, 0.6) is 0 Å². The molecule has 0 aliphatic carbocycles. The van der Waals surface area contributed by atoms with E-state index in [-0.39, 0.29) is 11.7 Å². The molecule has 160 valence electrons. The molecule has 4 aromatic rings. The van der Waals surface area contributed by atoms with Crippen molar-refractivity contribution in [1.82, 2.24) is 14.9 Å². The smallest absolute Gasteiger partial charge is 0.206 e. The Labute approximate surface area is 199 Å². The molecule has 0 spiro atoms. The van der Waals surface area contributed by atoms with E-state index in [1.54, 1.807) is 28.9 Å². The molecule has 1 aliphatic heterocycles. The number of hydrogen-bond donors (Lipinski definition) is 0. The summed E-state index contributed by atoms with van der Waals surface area (Å²) in [6, 6.07) is 20.1. The minimum Gasteiger partial charge on any atom is -0.206 e. The zero-order chi connectivity index (χ0) is 22.2. The van der Waals surface area contributed by atoms with Gasteiger partial charge in [0.25, 0.3) is 0 Å². The minimum absolute atomic E-state index is 0.208. The first-order valence-corrected chi connectivity index (χ1v) is 11.7. The van der Waals surface area contributed by atoms with Crippen LogP contribution in [0.2, 0.25) is 10.0 Å². The van der Waals surface area contributed by atoms with Gasteiger partial charge in [-0.3, -0.25) is 0 Å². The zero-order valence-electron chi connectivity index (χ0n) is 17.0. The van der Waals surface area contributed by atoms with E-state index in [9.17, 15) is 4.39 Å². The Kier molecular flexibility index (Phi) is 5.76. The molecule has 3 aromatic carbocycles. The summed E-state index contributed by atoms with van der Waals surface area (Å²) in [6.45, 7) is 1.97. The van der Waals surface area contributed by atoms with Gasteiger partial charge in [0, 0.05) is 27.8 Å². The highest BCUT2D eigenvalue weighted by molar-refractivity contribution is 7.99. The molecule has 1 unspecified atom stereocenters. The van der Waals surface area contributed by atoms with E-state index in [0.29, 0.717) is 32.3 Å². The molecule has 0 N–H and O–H groups in total. The van der Waals surface area contributed by atoms with Gasteiger partial charge in [-0.2, -0.15) is 9.78 Å². The quantitative estimate of drug-likeness (QED) is 0.317. The molecule has 0 amide bonds. The molecule has 0 saturated heterocycles. The second kappa shape index (κ2) is 8.70. The van der Waals surface area contributed by atoms with E-state index in [0.717, 1.165) is 22.4 Å². The van der Waals surface area contributed by atoms with E-state index in [2.05, 4.69) is 10.2 Å². The lowest BCUT2D eigenvalue weighted by Gasteiger charge is -2.17. The average Bonchev–Trinajstić information content (AvgIpc) is 3.22. The molecular formula is C24H17Cl2FN4S. The van der Waals surface area contributed by atoms with Crippen molar-refractivity contribution in [3.63, 3.8) is 0 Å². The van der Waals surface area contributed by atoms with Crippen LogP contribution in [0, 0.1) is 5.82 Å². The molecule has 5 rings (SSSR count). The Morgan fingerprint density at radius 1 is 0.969 bits per heavy atom. The number of nitrogens with zero attached hydrogens (tertiary/aromatic N) is 4. The minimum atomic E-state index is -0.273. The molecule has 1 aromatic heterocycles. The Hall–Kier alpha value is -2.67. The molecule has 1 atom stereocenters. The van der Waals surface area contributed by atoms with Crippen molar-refractivity contribution in [2.24, 2.45) is 5.10 Å². The van der Waals surface area contributed by atoms with Crippen LogP contribution < -0.4 is 0 Å². The van der Waals surface area contributed by atoms with Crippen LogP contribution in [0.3, 0.4) is 0 Å². The van der Waals surface area contributed by atoms with Gasteiger partial charge in [-0.15, -0.1) is 10.2 Å². The largest absolute Gasteiger partial charge is 0.212 e. The third-order valence-corrected chi connectivity index (χ3v) is 6.88. The van der Waals surface area contributed by atoms with Crippen molar-refractivity contribution in [2.75, 3.05) is 5.75 Å². The number of benzene rings is 3. The topological polar surface area (TPSA) is 43.1 Å². The second-order valence-electron chi connectivity index (χ2n) is 7.44. The fraction of sp³-hybridized carbons (Fsp3) is 0.125. The summed E-state index contributed by atoms with van der Waals surface area (Å²) >= 11 is 14.0. The van der Waals surface area contributed by atoms with Gasteiger partial charge in [0.1, 0.15) is 5.82 Å². The average molecular weight is 483 g/mol. The van der Waals surface area contributed by atoms with Gasteiger partial charge in [0.15, 0.2) is 5.82 Å². The van der Waals surface area contributed by atoms with E-state index < -0.39 is 0 Å². The maximum Gasteiger partial charge on any atom is 0.212 e. The Balaban J connectivity index is 1.50. The Morgan fingerprint density at radius 3 is 2.50 bits per heavy atom. The van der Waals surface area contributed by atoms with Crippen LogP contribution in [0.1, 0.15) is 29.8 Å². The number of rotatable bonds is 4. The molecule has 32 heavy (non-hydrogen) atoms. The normalized spacial score (nSPS) is 14.1. The predicted octanol–water partition coefficient (Wildman–Crippen LogP) is 6.90. The summed E-state index contributed by atoms with van der Waals surface area (Å²) in [4.78, 5) is 0. The summed E-state index contributed by atoms with van der Waals surface area (Å²) in [5, 5.41) is 15.2. The van der Waals surface area contributed by atoms with Gasteiger partial charge < -0.3 is 0 Å². The summed E-state index contributed by atoms with van der Waals surface area (Å²) < 4.78 is 16.7.